The van der Waals surface area contributed by atoms with Crippen LogP contribution >= 0.6 is 22.6 Å². The van der Waals surface area contributed by atoms with Crippen molar-refractivity contribution < 1.29 is 14.3 Å². The number of rotatable bonds is 3. The SMILES string of the molecule is Cc1cc(Nc2ccc(F)cc2I)ccc1C(=O)O. The van der Waals surface area contributed by atoms with E-state index in [1.165, 1.54) is 12.1 Å². The number of anilines is 2. The van der Waals surface area contributed by atoms with Gasteiger partial charge in [-0.25, -0.2) is 9.18 Å². The molecule has 2 N–H and O–H groups in total. The molecule has 0 saturated carbocycles. The Morgan fingerprint density at radius 1 is 1.26 bits per heavy atom. The summed E-state index contributed by atoms with van der Waals surface area (Å²) < 4.78 is 13.8. The Labute approximate surface area is 123 Å². The van der Waals surface area contributed by atoms with E-state index in [4.69, 9.17) is 5.11 Å². The smallest absolute Gasteiger partial charge is 0.335 e. The van der Waals surface area contributed by atoms with Crippen LogP contribution in [0.3, 0.4) is 0 Å². The second-order valence-corrected chi connectivity index (χ2v) is 5.25. The van der Waals surface area contributed by atoms with Gasteiger partial charge in [-0.2, -0.15) is 0 Å². The monoisotopic (exact) mass is 371 g/mol. The number of nitrogens with one attached hydrogen (secondary N) is 1. The van der Waals surface area contributed by atoms with Crippen LogP contribution in [0.2, 0.25) is 0 Å². The van der Waals surface area contributed by atoms with E-state index in [0.717, 1.165) is 14.9 Å². The topological polar surface area (TPSA) is 49.3 Å². The normalized spacial score (nSPS) is 10.3. The van der Waals surface area contributed by atoms with Crippen molar-refractivity contribution in [2.24, 2.45) is 0 Å². The fraction of sp³-hybridized carbons (Fsp3) is 0.0714. The minimum Gasteiger partial charge on any atom is -0.478 e. The van der Waals surface area contributed by atoms with Crippen LogP contribution in [0.15, 0.2) is 36.4 Å². The maximum atomic E-state index is 13.0. The first-order valence-electron chi connectivity index (χ1n) is 5.53. The van der Waals surface area contributed by atoms with Crippen LogP contribution < -0.4 is 5.32 Å². The summed E-state index contributed by atoms with van der Waals surface area (Å²) in [7, 11) is 0. The van der Waals surface area contributed by atoms with Gasteiger partial charge < -0.3 is 10.4 Å². The summed E-state index contributed by atoms with van der Waals surface area (Å²) in [5.74, 6) is -1.23. The zero-order valence-electron chi connectivity index (χ0n) is 10.1. The van der Waals surface area contributed by atoms with E-state index >= 15 is 0 Å². The third kappa shape index (κ3) is 3.23. The molecule has 0 saturated heterocycles. The quantitative estimate of drug-likeness (QED) is 0.796. The standard InChI is InChI=1S/C14H11FINO2/c1-8-6-10(3-4-11(8)14(18)19)17-13-5-2-9(15)7-12(13)16/h2-7,17H,1H3,(H,18,19). The van der Waals surface area contributed by atoms with Gasteiger partial charge in [0.1, 0.15) is 5.82 Å². The van der Waals surface area contributed by atoms with Gasteiger partial charge in [-0.1, -0.05) is 0 Å². The molecule has 2 aromatic rings. The lowest BCUT2D eigenvalue weighted by Gasteiger charge is -2.10. The van der Waals surface area contributed by atoms with Crippen LogP contribution in [0, 0.1) is 16.3 Å². The molecular weight excluding hydrogens is 360 g/mol. The van der Waals surface area contributed by atoms with Crippen LogP contribution in [-0.2, 0) is 0 Å². The molecule has 98 valence electrons. The van der Waals surface area contributed by atoms with Gasteiger partial charge in [0.15, 0.2) is 0 Å². The van der Waals surface area contributed by atoms with E-state index in [1.54, 1.807) is 31.2 Å². The summed E-state index contributed by atoms with van der Waals surface area (Å²) in [5, 5.41) is 12.1. The Hall–Kier alpha value is -1.63. The lowest BCUT2D eigenvalue weighted by molar-refractivity contribution is 0.0696. The molecule has 0 atom stereocenters. The zero-order valence-corrected chi connectivity index (χ0v) is 12.2. The van der Waals surface area contributed by atoms with Crippen molar-refractivity contribution in [3.8, 4) is 0 Å². The molecular formula is C14H11FINO2. The fourth-order valence-corrected chi connectivity index (χ4v) is 2.34. The second kappa shape index (κ2) is 5.56. The first kappa shape index (κ1) is 13.8. The Morgan fingerprint density at radius 2 is 2.00 bits per heavy atom. The molecule has 0 aliphatic rings. The van der Waals surface area contributed by atoms with Crippen molar-refractivity contribution in [3.63, 3.8) is 0 Å². The predicted molar refractivity (Wildman–Crippen MR) is 80.5 cm³/mol. The van der Waals surface area contributed by atoms with E-state index < -0.39 is 5.97 Å². The molecule has 0 bridgehead atoms. The van der Waals surface area contributed by atoms with Crippen LogP contribution in [-0.4, -0.2) is 11.1 Å². The summed E-state index contributed by atoms with van der Waals surface area (Å²) in [6.45, 7) is 1.74. The molecule has 0 spiro atoms. The predicted octanol–water partition coefficient (Wildman–Crippen LogP) is 4.18. The maximum Gasteiger partial charge on any atom is 0.335 e. The van der Waals surface area contributed by atoms with Crippen LogP contribution in [0.4, 0.5) is 15.8 Å². The van der Waals surface area contributed by atoms with Gasteiger partial charge in [0, 0.05) is 9.26 Å². The molecule has 0 aliphatic heterocycles. The van der Waals surface area contributed by atoms with Gasteiger partial charge in [0.2, 0.25) is 0 Å². The van der Waals surface area contributed by atoms with Crippen molar-refractivity contribution >= 4 is 39.9 Å². The van der Waals surface area contributed by atoms with E-state index in [2.05, 4.69) is 5.32 Å². The molecule has 0 heterocycles. The summed E-state index contributed by atoms with van der Waals surface area (Å²) in [4.78, 5) is 10.9. The van der Waals surface area contributed by atoms with Crippen LogP contribution in [0.25, 0.3) is 0 Å². The molecule has 0 unspecified atom stereocenters. The van der Waals surface area contributed by atoms with Crippen LogP contribution in [0.1, 0.15) is 15.9 Å². The molecule has 0 amide bonds. The van der Waals surface area contributed by atoms with E-state index in [0.29, 0.717) is 5.56 Å². The van der Waals surface area contributed by atoms with E-state index in [9.17, 15) is 9.18 Å². The number of carboxylic acids is 1. The highest BCUT2D eigenvalue weighted by Crippen LogP contribution is 2.24. The highest BCUT2D eigenvalue weighted by atomic mass is 127. The van der Waals surface area contributed by atoms with Gasteiger partial charge in [-0.05, 0) is 71.5 Å². The Kier molecular flexibility index (Phi) is 4.04. The number of carbonyl (C=O) groups is 1. The molecule has 0 aromatic heterocycles. The fourth-order valence-electron chi connectivity index (χ4n) is 1.73. The summed E-state index contributed by atoms with van der Waals surface area (Å²) >= 11 is 2.04. The molecule has 3 nitrogen and oxygen atoms in total. The van der Waals surface area contributed by atoms with Gasteiger partial charge in [-0.15, -0.1) is 0 Å². The second-order valence-electron chi connectivity index (χ2n) is 4.08. The Bertz CT molecular complexity index is 643. The van der Waals surface area contributed by atoms with Gasteiger partial charge >= 0.3 is 5.97 Å². The van der Waals surface area contributed by atoms with Gasteiger partial charge in [0.05, 0.1) is 11.3 Å². The minimum atomic E-state index is -0.944. The zero-order chi connectivity index (χ0) is 14.0. The first-order chi connectivity index (χ1) is 8.97. The first-order valence-corrected chi connectivity index (χ1v) is 6.61. The molecule has 2 aromatic carbocycles. The lowest BCUT2D eigenvalue weighted by Crippen LogP contribution is -2.01. The molecule has 2 rings (SSSR count). The number of halogens is 2. The molecule has 0 fully saturated rings. The van der Waals surface area contributed by atoms with Crippen molar-refractivity contribution in [2.75, 3.05) is 5.32 Å². The number of benzene rings is 2. The molecule has 5 heteroatoms. The van der Waals surface area contributed by atoms with Crippen molar-refractivity contribution in [3.05, 3.63) is 56.9 Å². The maximum absolute atomic E-state index is 13.0. The highest BCUT2D eigenvalue weighted by molar-refractivity contribution is 14.1. The summed E-state index contributed by atoms with van der Waals surface area (Å²) in [6.07, 6.45) is 0. The highest BCUT2D eigenvalue weighted by Gasteiger charge is 2.08. The molecule has 0 radical (unpaired) electrons. The Balaban J connectivity index is 2.29. The van der Waals surface area contributed by atoms with Crippen molar-refractivity contribution in [2.45, 2.75) is 6.92 Å². The number of aryl methyl sites for hydroxylation is 1. The Morgan fingerprint density at radius 3 is 2.58 bits per heavy atom. The molecule has 19 heavy (non-hydrogen) atoms. The average Bonchev–Trinajstić information content (AvgIpc) is 2.32. The average molecular weight is 371 g/mol. The van der Waals surface area contributed by atoms with E-state index in [1.807, 2.05) is 22.6 Å². The summed E-state index contributed by atoms with van der Waals surface area (Å²) in [5.41, 5.74) is 2.51. The van der Waals surface area contributed by atoms with E-state index in [-0.39, 0.29) is 11.4 Å². The van der Waals surface area contributed by atoms with Gasteiger partial charge in [0.25, 0.3) is 0 Å². The third-order valence-corrected chi connectivity index (χ3v) is 3.56. The largest absolute Gasteiger partial charge is 0.478 e. The third-order valence-electron chi connectivity index (χ3n) is 2.67. The number of hydrogen-bond acceptors (Lipinski definition) is 2. The van der Waals surface area contributed by atoms with Crippen molar-refractivity contribution in [1.82, 2.24) is 0 Å². The number of aromatic carboxylic acids is 1. The van der Waals surface area contributed by atoms with Crippen molar-refractivity contribution in [1.29, 1.82) is 0 Å². The summed E-state index contributed by atoms with van der Waals surface area (Å²) in [6, 6.07) is 9.46. The number of hydrogen-bond donors (Lipinski definition) is 2. The number of carboxylic acid groups (broad SMARTS) is 1. The minimum absolute atomic E-state index is 0.277. The molecule has 0 aliphatic carbocycles. The van der Waals surface area contributed by atoms with Gasteiger partial charge in [-0.3, -0.25) is 0 Å². The van der Waals surface area contributed by atoms with Crippen LogP contribution in [0.5, 0.6) is 0 Å². The lowest BCUT2D eigenvalue weighted by atomic mass is 10.1.